The van der Waals surface area contributed by atoms with Crippen LogP contribution in [-0.2, 0) is 4.79 Å². The number of hydrogen-bond donors (Lipinski definition) is 1. The summed E-state index contributed by atoms with van der Waals surface area (Å²) in [5.74, 6) is -0.0230. The zero-order chi connectivity index (χ0) is 11.8. The molecular formula is C13H18N2O. The molecule has 1 aromatic rings. The molecule has 0 unspecified atom stereocenters. The van der Waals surface area contributed by atoms with Gasteiger partial charge in [-0.15, -0.1) is 0 Å². The van der Waals surface area contributed by atoms with Gasteiger partial charge in [0.1, 0.15) is 0 Å². The van der Waals surface area contributed by atoms with Gasteiger partial charge in [0.25, 0.3) is 0 Å². The fourth-order valence-electron chi connectivity index (χ4n) is 1.22. The molecule has 1 amide bonds. The number of benzene rings is 1. The van der Waals surface area contributed by atoms with Crippen LogP contribution >= 0.6 is 0 Å². The molecule has 0 atom stereocenters. The van der Waals surface area contributed by atoms with E-state index in [1.807, 2.05) is 31.2 Å². The van der Waals surface area contributed by atoms with Crippen molar-refractivity contribution in [1.82, 2.24) is 5.43 Å². The van der Waals surface area contributed by atoms with Crippen LogP contribution in [-0.4, -0.2) is 12.1 Å². The van der Waals surface area contributed by atoms with Crippen molar-refractivity contribution >= 4 is 12.1 Å². The lowest BCUT2D eigenvalue weighted by molar-refractivity contribution is -0.121. The Bertz CT molecular complexity index is 355. The SMILES string of the molecule is CCCCC(=O)N/N=C\c1ccc(C)cc1. The first-order valence-corrected chi connectivity index (χ1v) is 5.61. The Morgan fingerprint density at radius 2 is 2.06 bits per heavy atom. The number of aryl methyl sites for hydroxylation is 1. The summed E-state index contributed by atoms with van der Waals surface area (Å²) < 4.78 is 0. The number of hydrazone groups is 1. The number of hydrogen-bond acceptors (Lipinski definition) is 2. The van der Waals surface area contributed by atoms with Crippen LogP contribution in [0.4, 0.5) is 0 Å². The number of amides is 1. The van der Waals surface area contributed by atoms with Gasteiger partial charge in [-0.05, 0) is 18.9 Å². The summed E-state index contributed by atoms with van der Waals surface area (Å²) >= 11 is 0. The fourth-order valence-corrected chi connectivity index (χ4v) is 1.22. The molecule has 86 valence electrons. The van der Waals surface area contributed by atoms with Crippen molar-refractivity contribution in [3.8, 4) is 0 Å². The first-order chi connectivity index (χ1) is 7.72. The van der Waals surface area contributed by atoms with Crippen LogP contribution in [0, 0.1) is 6.92 Å². The van der Waals surface area contributed by atoms with E-state index in [0.717, 1.165) is 18.4 Å². The summed E-state index contributed by atoms with van der Waals surface area (Å²) in [6.07, 6.45) is 4.13. The molecule has 0 saturated carbocycles. The van der Waals surface area contributed by atoms with Gasteiger partial charge in [-0.1, -0.05) is 43.2 Å². The smallest absolute Gasteiger partial charge is 0.240 e. The predicted octanol–water partition coefficient (Wildman–Crippen LogP) is 2.64. The number of nitrogens with one attached hydrogen (secondary N) is 1. The van der Waals surface area contributed by atoms with E-state index in [1.54, 1.807) is 6.21 Å². The maximum absolute atomic E-state index is 11.2. The summed E-state index contributed by atoms with van der Waals surface area (Å²) in [5.41, 5.74) is 4.71. The van der Waals surface area contributed by atoms with Crippen LogP contribution in [0.15, 0.2) is 29.4 Å². The molecule has 0 spiro atoms. The van der Waals surface area contributed by atoms with E-state index in [1.165, 1.54) is 5.56 Å². The van der Waals surface area contributed by atoms with E-state index >= 15 is 0 Å². The molecule has 0 fully saturated rings. The van der Waals surface area contributed by atoms with E-state index in [9.17, 15) is 4.79 Å². The largest absolute Gasteiger partial charge is 0.273 e. The van der Waals surface area contributed by atoms with Crippen LogP contribution in [0.2, 0.25) is 0 Å². The highest BCUT2D eigenvalue weighted by Gasteiger charge is 1.96. The quantitative estimate of drug-likeness (QED) is 0.599. The van der Waals surface area contributed by atoms with Crippen molar-refractivity contribution in [3.63, 3.8) is 0 Å². The van der Waals surface area contributed by atoms with Crippen molar-refractivity contribution in [2.24, 2.45) is 5.10 Å². The fraction of sp³-hybridized carbons (Fsp3) is 0.385. The van der Waals surface area contributed by atoms with Crippen LogP contribution in [0.5, 0.6) is 0 Å². The minimum Gasteiger partial charge on any atom is -0.273 e. The van der Waals surface area contributed by atoms with E-state index in [4.69, 9.17) is 0 Å². The molecule has 1 N–H and O–H groups in total. The van der Waals surface area contributed by atoms with Gasteiger partial charge in [-0.2, -0.15) is 5.10 Å². The average molecular weight is 218 g/mol. The van der Waals surface area contributed by atoms with Gasteiger partial charge < -0.3 is 0 Å². The van der Waals surface area contributed by atoms with Crippen molar-refractivity contribution in [3.05, 3.63) is 35.4 Å². The molecular weight excluding hydrogens is 200 g/mol. The first kappa shape index (κ1) is 12.4. The van der Waals surface area contributed by atoms with Gasteiger partial charge in [0.15, 0.2) is 0 Å². The average Bonchev–Trinajstić information content (AvgIpc) is 2.29. The van der Waals surface area contributed by atoms with Gasteiger partial charge in [-0.25, -0.2) is 5.43 Å². The third-order valence-corrected chi connectivity index (χ3v) is 2.24. The predicted molar refractivity (Wildman–Crippen MR) is 66.4 cm³/mol. The molecule has 3 heteroatoms. The summed E-state index contributed by atoms with van der Waals surface area (Å²) in [6, 6.07) is 7.97. The van der Waals surface area contributed by atoms with Crippen molar-refractivity contribution < 1.29 is 4.79 Å². The molecule has 0 aliphatic heterocycles. The maximum atomic E-state index is 11.2. The topological polar surface area (TPSA) is 41.5 Å². The molecule has 0 heterocycles. The van der Waals surface area contributed by atoms with Gasteiger partial charge in [0, 0.05) is 6.42 Å². The minimum absolute atomic E-state index is 0.0230. The summed E-state index contributed by atoms with van der Waals surface area (Å²) in [6.45, 7) is 4.09. The minimum atomic E-state index is -0.0230. The summed E-state index contributed by atoms with van der Waals surface area (Å²) in [7, 11) is 0. The normalized spacial score (nSPS) is 10.6. The van der Waals surface area contributed by atoms with Crippen LogP contribution < -0.4 is 5.43 Å². The second-order valence-electron chi connectivity index (χ2n) is 3.81. The Labute approximate surface area is 96.6 Å². The lowest BCUT2D eigenvalue weighted by atomic mass is 10.2. The molecule has 0 radical (unpaired) electrons. The standard InChI is InChI=1S/C13H18N2O/c1-3-4-5-13(16)15-14-10-12-8-6-11(2)7-9-12/h6-10H,3-5H2,1-2H3,(H,15,16)/b14-10-. The van der Waals surface area contributed by atoms with E-state index in [2.05, 4.69) is 17.5 Å². The lowest BCUT2D eigenvalue weighted by Crippen LogP contribution is -2.16. The van der Waals surface area contributed by atoms with Crippen LogP contribution in [0.3, 0.4) is 0 Å². The molecule has 0 bridgehead atoms. The Kier molecular flexibility index (Phi) is 5.26. The third kappa shape index (κ3) is 4.73. The molecule has 16 heavy (non-hydrogen) atoms. The highest BCUT2D eigenvalue weighted by molar-refractivity contribution is 5.82. The summed E-state index contributed by atoms with van der Waals surface area (Å²) in [5, 5.41) is 3.90. The maximum Gasteiger partial charge on any atom is 0.240 e. The second-order valence-corrected chi connectivity index (χ2v) is 3.81. The summed E-state index contributed by atoms with van der Waals surface area (Å²) in [4.78, 5) is 11.2. The number of unbranched alkanes of at least 4 members (excludes halogenated alkanes) is 1. The number of carbonyl (C=O) groups excluding carboxylic acids is 1. The third-order valence-electron chi connectivity index (χ3n) is 2.24. The second kappa shape index (κ2) is 6.77. The van der Waals surface area contributed by atoms with Gasteiger partial charge in [-0.3, -0.25) is 4.79 Å². The van der Waals surface area contributed by atoms with Crippen molar-refractivity contribution in [1.29, 1.82) is 0 Å². The zero-order valence-electron chi connectivity index (χ0n) is 9.86. The molecule has 1 aromatic carbocycles. The van der Waals surface area contributed by atoms with E-state index in [-0.39, 0.29) is 5.91 Å². The first-order valence-electron chi connectivity index (χ1n) is 5.61. The number of carbonyl (C=O) groups is 1. The highest BCUT2D eigenvalue weighted by atomic mass is 16.2. The Morgan fingerprint density at radius 3 is 2.69 bits per heavy atom. The van der Waals surface area contributed by atoms with Gasteiger partial charge >= 0.3 is 0 Å². The van der Waals surface area contributed by atoms with E-state index in [0.29, 0.717) is 6.42 Å². The molecule has 0 aromatic heterocycles. The molecule has 0 aliphatic rings. The van der Waals surface area contributed by atoms with Gasteiger partial charge in [0.2, 0.25) is 5.91 Å². The molecule has 0 aliphatic carbocycles. The molecule has 3 nitrogen and oxygen atoms in total. The number of rotatable bonds is 5. The molecule has 0 saturated heterocycles. The van der Waals surface area contributed by atoms with E-state index < -0.39 is 0 Å². The Hall–Kier alpha value is -1.64. The Balaban J connectivity index is 2.37. The Morgan fingerprint density at radius 1 is 1.38 bits per heavy atom. The van der Waals surface area contributed by atoms with Crippen molar-refractivity contribution in [2.75, 3.05) is 0 Å². The lowest BCUT2D eigenvalue weighted by Gasteiger charge is -1.98. The number of nitrogens with zero attached hydrogens (tertiary/aromatic N) is 1. The van der Waals surface area contributed by atoms with Crippen LogP contribution in [0.1, 0.15) is 37.3 Å². The van der Waals surface area contributed by atoms with Crippen molar-refractivity contribution in [2.45, 2.75) is 33.1 Å². The van der Waals surface area contributed by atoms with Gasteiger partial charge in [0.05, 0.1) is 6.21 Å². The highest BCUT2D eigenvalue weighted by Crippen LogP contribution is 2.00. The zero-order valence-corrected chi connectivity index (χ0v) is 9.86. The van der Waals surface area contributed by atoms with Crippen LogP contribution in [0.25, 0.3) is 0 Å². The monoisotopic (exact) mass is 218 g/mol. The molecule has 1 rings (SSSR count).